The lowest BCUT2D eigenvalue weighted by Crippen LogP contribution is -2.32. The first-order valence-corrected chi connectivity index (χ1v) is 11.2. The second kappa shape index (κ2) is 15.7. The predicted molar refractivity (Wildman–Crippen MR) is 136 cm³/mol. The Morgan fingerprint density at radius 3 is 1.76 bits per heavy atom. The van der Waals surface area contributed by atoms with Crippen molar-refractivity contribution in [3.05, 3.63) is 71.9 Å². The molecule has 2 aromatic carbocycles. The van der Waals surface area contributed by atoms with E-state index in [9.17, 15) is 19.2 Å². The van der Waals surface area contributed by atoms with Crippen molar-refractivity contribution in [1.82, 2.24) is 4.98 Å². The van der Waals surface area contributed by atoms with Crippen molar-refractivity contribution < 1.29 is 39.6 Å². The zero-order valence-electron chi connectivity index (χ0n) is 20.0. The Kier molecular flexibility index (Phi) is 13.0. The molecular formula is C25H32N4O8. The van der Waals surface area contributed by atoms with Crippen molar-refractivity contribution in [1.29, 1.82) is 0 Å². The molecule has 0 saturated heterocycles. The minimum atomic E-state index is -1.17. The van der Waals surface area contributed by atoms with Crippen molar-refractivity contribution >= 4 is 34.8 Å². The van der Waals surface area contributed by atoms with Crippen LogP contribution in [0, 0.1) is 0 Å². The summed E-state index contributed by atoms with van der Waals surface area (Å²) in [7, 11) is 0. The summed E-state index contributed by atoms with van der Waals surface area (Å²) in [6.45, 7) is 0. The number of fused-ring (bicyclic) bond motifs is 1. The molecule has 1 aromatic heterocycles. The van der Waals surface area contributed by atoms with E-state index in [1.54, 1.807) is 0 Å². The molecule has 0 aliphatic carbocycles. The monoisotopic (exact) mass is 516 g/mol. The van der Waals surface area contributed by atoms with Gasteiger partial charge >= 0.3 is 23.9 Å². The number of rotatable bonds is 10. The number of hydrogen-bond donors (Lipinski definition) is 8. The first kappa shape index (κ1) is 30.8. The number of nitrogens with two attached hydrogens (primary N) is 3. The van der Waals surface area contributed by atoms with Gasteiger partial charge in [-0.1, -0.05) is 48.5 Å². The Morgan fingerprint density at radius 2 is 1.22 bits per heavy atom. The summed E-state index contributed by atoms with van der Waals surface area (Å²) in [6.07, 6.45) is 2.32. The fourth-order valence-electron chi connectivity index (χ4n) is 2.98. The molecule has 37 heavy (non-hydrogen) atoms. The van der Waals surface area contributed by atoms with Crippen molar-refractivity contribution in [2.45, 2.75) is 43.8 Å². The van der Waals surface area contributed by atoms with E-state index in [2.05, 4.69) is 4.98 Å². The van der Waals surface area contributed by atoms with Gasteiger partial charge in [-0.15, -0.1) is 0 Å². The minimum absolute atomic E-state index is 0.0231. The lowest BCUT2D eigenvalue weighted by atomic mass is 10.1. The molecule has 0 bridgehead atoms. The third kappa shape index (κ3) is 11.8. The summed E-state index contributed by atoms with van der Waals surface area (Å²) < 4.78 is 0. The lowest BCUT2D eigenvalue weighted by Gasteiger charge is -2.04. The van der Waals surface area contributed by atoms with E-state index in [-0.39, 0.29) is 12.8 Å². The van der Waals surface area contributed by atoms with E-state index >= 15 is 0 Å². The summed E-state index contributed by atoms with van der Waals surface area (Å²) in [5.41, 5.74) is 18.7. The Labute approximate surface area is 212 Å². The molecule has 3 unspecified atom stereocenters. The highest BCUT2D eigenvalue weighted by atomic mass is 16.4. The number of nitrogens with one attached hydrogen (secondary N) is 1. The number of aliphatic carboxylic acids is 4. The number of carboxylic acid groups (broad SMARTS) is 4. The van der Waals surface area contributed by atoms with Gasteiger partial charge in [-0.3, -0.25) is 19.2 Å². The molecule has 0 radical (unpaired) electrons. The van der Waals surface area contributed by atoms with Gasteiger partial charge in [0, 0.05) is 29.9 Å². The highest BCUT2D eigenvalue weighted by Gasteiger charge is 2.14. The Morgan fingerprint density at radius 1 is 0.703 bits per heavy atom. The van der Waals surface area contributed by atoms with Crippen LogP contribution in [-0.4, -0.2) is 67.4 Å². The Hall–Kier alpha value is -4.26. The van der Waals surface area contributed by atoms with Gasteiger partial charge in [0.15, 0.2) is 0 Å². The number of H-pyrrole nitrogens is 1. The number of aromatic nitrogens is 1. The maximum Gasteiger partial charge on any atom is 0.320 e. The zero-order valence-corrected chi connectivity index (χ0v) is 20.0. The van der Waals surface area contributed by atoms with Crippen LogP contribution >= 0.6 is 0 Å². The maximum absolute atomic E-state index is 10.6. The Balaban J connectivity index is 0.000000285. The van der Waals surface area contributed by atoms with E-state index in [0.717, 1.165) is 22.0 Å². The van der Waals surface area contributed by atoms with Crippen molar-refractivity contribution in [2.24, 2.45) is 17.2 Å². The van der Waals surface area contributed by atoms with Gasteiger partial charge in [0.25, 0.3) is 0 Å². The highest BCUT2D eigenvalue weighted by molar-refractivity contribution is 5.84. The van der Waals surface area contributed by atoms with E-state index in [4.69, 9.17) is 37.6 Å². The maximum atomic E-state index is 10.6. The van der Waals surface area contributed by atoms with E-state index in [0.29, 0.717) is 12.8 Å². The van der Waals surface area contributed by atoms with Gasteiger partial charge in [0.1, 0.15) is 18.1 Å². The molecule has 12 heteroatoms. The van der Waals surface area contributed by atoms with Crippen LogP contribution in [0.5, 0.6) is 0 Å². The van der Waals surface area contributed by atoms with Crippen molar-refractivity contribution in [3.8, 4) is 0 Å². The van der Waals surface area contributed by atoms with Gasteiger partial charge in [-0.25, -0.2) is 0 Å². The van der Waals surface area contributed by atoms with Gasteiger partial charge < -0.3 is 42.6 Å². The quantitative estimate of drug-likeness (QED) is 0.189. The van der Waals surface area contributed by atoms with Gasteiger partial charge in [0.05, 0.1) is 0 Å². The molecule has 12 nitrogen and oxygen atoms in total. The lowest BCUT2D eigenvalue weighted by molar-refractivity contribution is -0.140. The number of carbonyl (C=O) groups is 4. The Bertz CT molecular complexity index is 1170. The smallest absolute Gasteiger partial charge is 0.320 e. The molecule has 11 N–H and O–H groups in total. The van der Waals surface area contributed by atoms with E-state index < -0.39 is 42.0 Å². The van der Waals surface area contributed by atoms with Crippen LogP contribution in [0.1, 0.15) is 24.0 Å². The first-order valence-electron chi connectivity index (χ1n) is 11.2. The largest absolute Gasteiger partial charge is 0.481 e. The zero-order chi connectivity index (χ0) is 28.0. The van der Waals surface area contributed by atoms with Crippen molar-refractivity contribution in [3.63, 3.8) is 0 Å². The van der Waals surface area contributed by atoms with Crippen LogP contribution in [0.3, 0.4) is 0 Å². The summed E-state index contributed by atoms with van der Waals surface area (Å²) in [6, 6.07) is 14.4. The first-order chi connectivity index (χ1) is 17.4. The topological polar surface area (TPSA) is 243 Å². The SMILES string of the molecule is NC(CCC(=O)O)C(=O)O.NC(Cc1c[nH]c2ccccc12)C(=O)O.NC(Cc1ccccc1)C(=O)O. The molecule has 3 rings (SSSR count). The minimum Gasteiger partial charge on any atom is -0.481 e. The highest BCUT2D eigenvalue weighted by Crippen LogP contribution is 2.18. The third-order valence-electron chi connectivity index (χ3n) is 5.03. The summed E-state index contributed by atoms with van der Waals surface area (Å²) in [5.74, 6) is -4.13. The van der Waals surface area contributed by atoms with Crippen LogP contribution < -0.4 is 17.2 Å². The average Bonchev–Trinajstić information content (AvgIpc) is 3.26. The fourth-order valence-corrected chi connectivity index (χ4v) is 2.98. The summed E-state index contributed by atoms with van der Waals surface area (Å²) in [4.78, 5) is 44.0. The molecule has 1 heterocycles. The van der Waals surface area contributed by atoms with Crippen LogP contribution in [0.2, 0.25) is 0 Å². The summed E-state index contributed by atoms with van der Waals surface area (Å²) >= 11 is 0. The molecular weight excluding hydrogens is 484 g/mol. The normalized spacial score (nSPS) is 12.6. The number of para-hydroxylation sites is 1. The van der Waals surface area contributed by atoms with Gasteiger partial charge in [-0.05, 0) is 30.0 Å². The van der Waals surface area contributed by atoms with Crippen LogP contribution in [0.25, 0.3) is 10.9 Å². The van der Waals surface area contributed by atoms with Crippen LogP contribution in [0.15, 0.2) is 60.8 Å². The van der Waals surface area contributed by atoms with Crippen molar-refractivity contribution in [2.75, 3.05) is 0 Å². The molecule has 0 spiro atoms. The third-order valence-corrected chi connectivity index (χ3v) is 5.03. The number of hydrogen-bond acceptors (Lipinski definition) is 7. The summed E-state index contributed by atoms with van der Waals surface area (Å²) in [5, 5.41) is 34.5. The second-order valence-electron chi connectivity index (χ2n) is 8.02. The van der Waals surface area contributed by atoms with Crippen LogP contribution in [0.4, 0.5) is 0 Å². The molecule has 200 valence electrons. The fraction of sp³-hybridized carbons (Fsp3) is 0.280. The number of aromatic amines is 1. The molecule has 0 aliphatic heterocycles. The van der Waals surface area contributed by atoms with Gasteiger partial charge in [-0.2, -0.15) is 0 Å². The molecule has 3 aromatic rings. The molecule has 3 atom stereocenters. The standard InChI is InChI=1S/C11H12N2O2.C9H11NO2.C5H9NO4/c12-9(11(14)15)5-7-6-13-10-4-2-1-3-8(7)10;10-8(9(11)12)6-7-4-2-1-3-5-7;6-3(5(9)10)1-2-4(7)8/h1-4,6,9,13H,5,12H2,(H,14,15);1-5,8H,6,10H2,(H,11,12);3H,1-2,6H2,(H,7,8)(H,9,10). The number of benzene rings is 2. The molecule has 0 aliphatic rings. The van der Waals surface area contributed by atoms with Gasteiger partial charge in [0.2, 0.25) is 0 Å². The number of carboxylic acids is 4. The van der Waals surface area contributed by atoms with E-state index in [1.807, 2.05) is 60.8 Å². The van der Waals surface area contributed by atoms with Crippen LogP contribution in [-0.2, 0) is 32.0 Å². The predicted octanol–water partition coefficient (Wildman–Crippen LogP) is 1.03. The molecule has 0 fully saturated rings. The molecule has 0 amide bonds. The second-order valence-corrected chi connectivity index (χ2v) is 8.02. The van der Waals surface area contributed by atoms with E-state index in [1.165, 1.54) is 0 Å². The average molecular weight is 517 g/mol. The molecule has 0 saturated carbocycles.